The number of nitrogens with zero attached hydrogens (tertiary/aromatic N) is 2. The van der Waals surface area contributed by atoms with E-state index in [4.69, 9.17) is 9.47 Å². The van der Waals surface area contributed by atoms with Gasteiger partial charge in [0.1, 0.15) is 17.3 Å². The van der Waals surface area contributed by atoms with Gasteiger partial charge in [0.2, 0.25) is 0 Å². The third-order valence-electron chi connectivity index (χ3n) is 4.22. The van der Waals surface area contributed by atoms with Gasteiger partial charge in [-0.15, -0.1) is 0 Å². The van der Waals surface area contributed by atoms with E-state index in [-0.39, 0.29) is 11.4 Å². The average Bonchev–Trinajstić information content (AvgIpc) is 2.79. The van der Waals surface area contributed by atoms with Gasteiger partial charge < -0.3 is 9.47 Å². The molecule has 0 aliphatic heterocycles. The van der Waals surface area contributed by atoms with Crippen molar-refractivity contribution in [3.8, 4) is 17.2 Å². The van der Waals surface area contributed by atoms with Crippen molar-refractivity contribution in [3.05, 3.63) is 82.5 Å². The topological polar surface area (TPSA) is 112 Å². The molecule has 0 aliphatic rings. The molecule has 0 bridgehead atoms. The Hall–Kier alpha value is -4.21. The lowest BCUT2D eigenvalue weighted by molar-refractivity contribution is -0.128. The number of hydrogen-bond acceptors (Lipinski definition) is 6. The molecule has 2 amide bonds. The minimum absolute atomic E-state index is 0.130. The number of halogens is 1. The van der Waals surface area contributed by atoms with Crippen molar-refractivity contribution in [1.29, 1.82) is 0 Å². The first-order valence-electron chi connectivity index (χ1n) is 9.73. The van der Waals surface area contributed by atoms with Gasteiger partial charge in [-0.2, -0.15) is 9.78 Å². The highest BCUT2D eigenvalue weighted by atomic mass is 19.1. The maximum atomic E-state index is 13.1. The summed E-state index contributed by atoms with van der Waals surface area (Å²) in [6.07, 6.45) is -0.908. The molecule has 3 aromatic rings. The maximum Gasteiger partial charge on any atom is 0.290 e. The van der Waals surface area contributed by atoms with Crippen LogP contribution in [0.25, 0.3) is 5.69 Å². The molecule has 9 nitrogen and oxygen atoms in total. The van der Waals surface area contributed by atoms with Crippen LogP contribution in [0.4, 0.5) is 4.39 Å². The summed E-state index contributed by atoms with van der Waals surface area (Å²) in [5.74, 6) is -0.685. The molecule has 0 saturated carbocycles. The van der Waals surface area contributed by atoms with E-state index >= 15 is 0 Å². The smallest absolute Gasteiger partial charge is 0.290 e. The van der Waals surface area contributed by atoms with Gasteiger partial charge in [0.25, 0.3) is 17.4 Å². The van der Waals surface area contributed by atoms with Gasteiger partial charge in [-0.05, 0) is 68.4 Å². The zero-order valence-corrected chi connectivity index (χ0v) is 17.4. The lowest BCUT2D eigenvalue weighted by Crippen LogP contribution is -2.47. The van der Waals surface area contributed by atoms with Gasteiger partial charge in [-0.25, -0.2) is 4.39 Å². The molecule has 1 aromatic heterocycles. The van der Waals surface area contributed by atoms with Gasteiger partial charge in [-0.3, -0.25) is 25.2 Å². The molecule has 3 rings (SSSR count). The number of ether oxygens (including phenoxy) is 2. The normalized spacial score (nSPS) is 11.3. The molecule has 0 aliphatic carbocycles. The Labute approximate surface area is 182 Å². The highest BCUT2D eigenvalue weighted by molar-refractivity contribution is 5.94. The zero-order valence-electron chi connectivity index (χ0n) is 17.4. The van der Waals surface area contributed by atoms with E-state index < -0.39 is 29.3 Å². The predicted molar refractivity (Wildman–Crippen MR) is 113 cm³/mol. The molecular weight excluding hydrogens is 419 g/mol. The molecule has 0 fully saturated rings. The predicted octanol–water partition coefficient (Wildman–Crippen LogP) is 2.00. The van der Waals surface area contributed by atoms with Crippen molar-refractivity contribution in [2.75, 3.05) is 6.61 Å². The van der Waals surface area contributed by atoms with Crippen LogP contribution in [0.5, 0.6) is 11.5 Å². The van der Waals surface area contributed by atoms with Crippen molar-refractivity contribution in [3.63, 3.8) is 0 Å². The second-order valence-electron chi connectivity index (χ2n) is 6.55. The zero-order chi connectivity index (χ0) is 23.1. The third-order valence-corrected chi connectivity index (χ3v) is 4.22. The van der Waals surface area contributed by atoms with Crippen LogP contribution in [0.1, 0.15) is 24.3 Å². The van der Waals surface area contributed by atoms with Crippen LogP contribution < -0.4 is 25.9 Å². The van der Waals surface area contributed by atoms with Gasteiger partial charge in [0, 0.05) is 6.07 Å². The number of hydrogen-bond donors (Lipinski definition) is 2. The van der Waals surface area contributed by atoms with Crippen LogP contribution in [0.2, 0.25) is 0 Å². The highest BCUT2D eigenvalue weighted by Gasteiger charge is 2.17. The van der Waals surface area contributed by atoms with Crippen LogP contribution in [0.3, 0.4) is 0 Å². The Kier molecular flexibility index (Phi) is 7.17. The lowest BCUT2D eigenvalue weighted by atomic mass is 10.3. The van der Waals surface area contributed by atoms with E-state index in [1.807, 2.05) is 6.92 Å². The van der Waals surface area contributed by atoms with E-state index in [0.29, 0.717) is 18.1 Å². The maximum absolute atomic E-state index is 13.1. The standard InChI is InChI=1S/C22H21FN4O5/c1-3-31-17-8-10-18(11-9-17)32-14(2)21(29)24-25-22(30)19-12-13-20(28)27(26-19)16-6-4-15(23)5-7-16/h4-14H,3H2,1-2H3,(H,24,29)(H,25,30). The summed E-state index contributed by atoms with van der Waals surface area (Å²) in [7, 11) is 0. The second-order valence-corrected chi connectivity index (χ2v) is 6.55. The Balaban J connectivity index is 1.60. The Morgan fingerprint density at radius 2 is 1.66 bits per heavy atom. The first-order chi connectivity index (χ1) is 15.4. The quantitative estimate of drug-likeness (QED) is 0.544. The van der Waals surface area contributed by atoms with Gasteiger partial charge >= 0.3 is 0 Å². The summed E-state index contributed by atoms with van der Waals surface area (Å²) >= 11 is 0. The molecule has 0 spiro atoms. The van der Waals surface area contributed by atoms with Gasteiger partial charge in [0.05, 0.1) is 12.3 Å². The van der Waals surface area contributed by atoms with Crippen LogP contribution in [-0.2, 0) is 4.79 Å². The minimum Gasteiger partial charge on any atom is -0.494 e. The van der Waals surface area contributed by atoms with Crippen molar-refractivity contribution >= 4 is 11.8 Å². The average molecular weight is 440 g/mol. The second kappa shape index (κ2) is 10.2. The number of benzene rings is 2. The summed E-state index contributed by atoms with van der Waals surface area (Å²) in [5.41, 5.74) is 4.12. The molecule has 0 saturated heterocycles. The molecule has 1 heterocycles. The summed E-state index contributed by atoms with van der Waals surface area (Å²) in [4.78, 5) is 36.6. The number of carbonyl (C=O) groups is 2. The molecule has 10 heteroatoms. The van der Waals surface area contributed by atoms with Crippen LogP contribution in [0, 0.1) is 5.82 Å². The molecule has 1 atom stereocenters. The lowest BCUT2D eigenvalue weighted by Gasteiger charge is -2.15. The largest absolute Gasteiger partial charge is 0.494 e. The molecule has 2 aromatic carbocycles. The Bertz CT molecular complexity index is 1150. The van der Waals surface area contributed by atoms with Gasteiger partial charge in [0.15, 0.2) is 11.8 Å². The summed E-state index contributed by atoms with van der Waals surface area (Å²) in [6, 6.07) is 14.2. The minimum atomic E-state index is -0.908. The van der Waals surface area contributed by atoms with E-state index in [1.54, 1.807) is 24.3 Å². The van der Waals surface area contributed by atoms with E-state index in [0.717, 1.165) is 10.7 Å². The molecular formula is C22H21FN4O5. The Morgan fingerprint density at radius 3 is 2.31 bits per heavy atom. The molecule has 166 valence electrons. The number of rotatable bonds is 7. The first-order valence-corrected chi connectivity index (χ1v) is 9.73. The van der Waals surface area contributed by atoms with E-state index in [9.17, 15) is 18.8 Å². The number of carbonyl (C=O) groups excluding carboxylic acids is 2. The highest BCUT2D eigenvalue weighted by Crippen LogP contribution is 2.18. The summed E-state index contributed by atoms with van der Waals surface area (Å²) < 4.78 is 24.9. The van der Waals surface area contributed by atoms with Crippen molar-refractivity contribution in [2.24, 2.45) is 0 Å². The molecule has 1 unspecified atom stereocenters. The van der Waals surface area contributed by atoms with E-state index in [1.165, 1.54) is 37.3 Å². The van der Waals surface area contributed by atoms with Gasteiger partial charge in [-0.1, -0.05) is 0 Å². The SMILES string of the molecule is CCOc1ccc(OC(C)C(=O)NNC(=O)c2ccc(=O)n(-c3ccc(F)cc3)n2)cc1. The third kappa shape index (κ3) is 5.69. The van der Waals surface area contributed by atoms with E-state index in [2.05, 4.69) is 16.0 Å². The molecule has 32 heavy (non-hydrogen) atoms. The first kappa shape index (κ1) is 22.5. The van der Waals surface area contributed by atoms with Crippen LogP contribution in [-0.4, -0.2) is 34.3 Å². The van der Waals surface area contributed by atoms with Crippen LogP contribution in [0.15, 0.2) is 65.5 Å². The Morgan fingerprint density at radius 1 is 1.00 bits per heavy atom. The fourth-order valence-electron chi connectivity index (χ4n) is 2.62. The number of nitrogens with one attached hydrogen (secondary N) is 2. The molecule has 2 N–H and O–H groups in total. The molecule has 0 radical (unpaired) electrons. The number of hydrazine groups is 1. The number of amides is 2. The van der Waals surface area contributed by atoms with Crippen molar-refractivity contribution < 1.29 is 23.5 Å². The summed E-state index contributed by atoms with van der Waals surface area (Å²) in [5, 5.41) is 3.96. The fourth-order valence-corrected chi connectivity index (χ4v) is 2.62. The fraction of sp³-hybridized carbons (Fsp3) is 0.182. The monoisotopic (exact) mass is 440 g/mol. The number of aromatic nitrogens is 2. The van der Waals surface area contributed by atoms with Crippen molar-refractivity contribution in [2.45, 2.75) is 20.0 Å². The summed E-state index contributed by atoms with van der Waals surface area (Å²) in [6.45, 7) is 3.93. The van der Waals surface area contributed by atoms with Crippen LogP contribution >= 0.6 is 0 Å². The van der Waals surface area contributed by atoms with Crippen molar-refractivity contribution in [1.82, 2.24) is 20.6 Å².